The van der Waals surface area contributed by atoms with Crippen molar-refractivity contribution < 1.29 is 27.5 Å². The van der Waals surface area contributed by atoms with Crippen LogP contribution in [-0.2, 0) is 15.7 Å². The number of hydrogen-bond donors (Lipinski definition) is 2. The number of rotatable bonds is 7. The number of benzene rings is 1. The van der Waals surface area contributed by atoms with E-state index in [9.17, 15) is 22.8 Å². The molecule has 41 heavy (non-hydrogen) atoms. The summed E-state index contributed by atoms with van der Waals surface area (Å²) < 4.78 is 45.7. The zero-order chi connectivity index (χ0) is 29.1. The first-order valence-electron chi connectivity index (χ1n) is 13.0. The van der Waals surface area contributed by atoms with Crippen LogP contribution >= 0.6 is 0 Å². The van der Waals surface area contributed by atoms with Crippen LogP contribution in [0.25, 0.3) is 16.6 Å². The number of hydrogen-bond acceptors (Lipinski definition) is 7. The topological polar surface area (TPSA) is 128 Å². The lowest BCUT2D eigenvalue weighted by atomic mass is 9.93. The lowest BCUT2D eigenvalue weighted by molar-refractivity contribution is -0.137. The number of nitrogens with two attached hydrogens (primary N) is 1. The number of carbonyl (C=O) groups excluding carboxylic acids is 2. The molecule has 1 saturated heterocycles. The summed E-state index contributed by atoms with van der Waals surface area (Å²) in [5.41, 5.74) is 7.60. The van der Waals surface area contributed by atoms with E-state index in [0.29, 0.717) is 37.3 Å². The summed E-state index contributed by atoms with van der Waals surface area (Å²) in [5.74, 6) is -0.516. The van der Waals surface area contributed by atoms with E-state index < -0.39 is 17.6 Å². The van der Waals surface area contributed by atoms with Crippen LogP contribution in [0.5, 0.6) is 0 Å². The standard InChI is InChI=1S/C28H28F3N7O3/c1-41-14-10-23(39)37-13-2-3-18(16-37)24-21-9-12-34-26(32)25(21)38(36-24)20-6-4-17(5-7-20)27(40)35-22-15-19(8-11-33-22)28(29,30)31/h4-9,11-12,15,18H,2-3,10,13-14,16H2,1H3,(H2,32,34)(H,33,35,40)/t18-/m1/s1. The Morgan fingerprint density at radius 2 is 1.88 bits per heavy atom. The first-order valence-corrected chi connectivity index (χ1v) is 13.0. The Balaban J connectivity index is 1.40. The minimum atomic E-state index is -4.55. The molecule has 1 aliphatic rings. The second-order valence-electron chi connectivity index (χ2n) is 9.74. The van der Waals surface area contributed by atoms with Crippen molar-refractivity contribution in [2.75, 3.05) is 37.9 Å². The number of pyridine rings is 2. The number of piperidine rings is 1. The summed E-state index contributed by atoms with van der Waals surface area (Å²) in [4.78, 5) is 35.3. The predicted octanol–water partition coefficient (Wildman–Crippen LogP) is 4.41. The molecule has 214 valence electrons. The van der Waals surface area contributed by atoms with E-state index in [1.54, 1.807) is 30.1 Å². The van der Waals surface area contributed by atoms with Crippen LogP contribution < -0.4 is 11.1 Å². The van der Waals surface area contributed by atoms with Crippen LogP contribution in [0, 0.1) is 0 Å². The second kappa shape index (κ2) is 11.5. The third-order valence-electron chi connectivity index (χ3n) is 7.03. The number of nitrogen functional groups attached to an aromatic ring is 1. The summed E-state index contributed by atoms with van der Waals surface area (Å²) in [6.45, 7) is 1.57. The van der Waals surface area contributed by atoms with Crippen LogP contribution in [-0.4, -0.2) is 63.3 Å². The van der Waals surface area contributed by atoms with Gasteiger partial charge >= 0.3 is 6.18 Å². The largest absolute Gasteiger partial charge is 0.416 e. The maximum absolute atomic E-state index is 13.0. The molecule has 3 N–H and O–H groups in total. The van der Waals surface area contributed by atoms with Gasteiger partial charge in [0.05, 0.1) is 30.0 Å². The molecular formula is C28H28F3N7O3. The highest BCUT2D eigenvalue weighted by molar-refractivity contribution is 6.04. The molecular weight excluding hydrogens is 539 g/mol. The Morgan fingerprint density at radius 1 is 1.12 bits per heavy atom. The number of methoxy groups -OCH3 is 1. The quantitative estimate of drug-likeness (QED) is 0.339. The van der Waals surface area contributed by atoms with Gasteiger partial charge < -0.3 is 20.7 Å². The molecule has 0 spiro atoms. The number of halogens is 3. The van der Waals surface area contributed by atoms with Gasteiger partial charge in [-0.05, 0) is 55.3 Å². The van der Waals surface area contributed by atoms with E-state index in [-0.39, 0.29) is 29.0 Å². The Kier molecular flexibility index (Phi) is 7.88. The summed E-state index contributed by atoms with van der Waals surface area (Å²) in [6, 6.07) is 9.86. The van der Waals surface area contributed by atoms with Crippen molar-refractivity contribution in [3.05, 3.63) is 71.7 Å². The molecule has 5 rings (SSSR count). The van der Waals surface area contributed by atoms with Crippen LogP contribution in [0.1, 0.15) is 46.8 Å². The molecule has 1 fully saturated rings. The van der Waals surface area contributed by atoms with Gasteiger partial charge in [0.15, 0.2) is 0 Å². The molecule has 1 aliphatic heterocycles. The molecule has 3 aromatic heterocycles. The highest BCUT2D eigenvalue weighted by atomic mass is 19.4. The molecule has 10 nitrogen and oxygen atoms in total. The molecule has 2 amide bonds. The number of alkyl halides is 3. The SMILES string of the molecule is COCCC(=O)N1CCC[C@@H](c2nn(-c3ccc(C(=O)Nc4cc(C(F)(F)F)ccn4)cc3)c3c(N)nccc23)C1. The molecule has 0 unspecified atom stereocenters. The Bertz CT molecular complexity index is 1570. The lowest BCUT2D eigenvalue weighted by Crippen LogP contribution is -2.39. The normalized spacial score (nSPS) is 15.7. The number of amides is 2. The molecule has 4 heterocycles. The first kappa shape index (κ1) is 28.0. The average molecular weight is 568 g/mol. The minimum absolute atomic E-state index is 0.00851. The van der Waals surface area contributed by atoms with Gasteiger partial charge in [-0.15, -0.1) is 0 Å². The van der Waals surface area contributed by atoms with E-state index in [2.05, 4.69) is 15.3 Å². The zero-order valence-corrected chi connectivity index (χ0v) is 22.2. The summed E-state index contributed by atoms with van der Waals surface area (Å²) >= 11 is 0. The molecule has 0 radical (unpaired) electrons. The highest BCUT2D eigenvalue weighted by Crippen LogP contribution is 2.35. The third-order valence-corrected chi connectivity index (χ3v) is 7.03. The van der Waals surface area contributed by atoms with Gasteiger partial charge in [0.2, 0.25) is 5.91 Å². The Labute approximate surface area is 233 Å². The van der Waals surface area contributed by atoms with Crippen molar-refractivity contribution in [3.8, 4) is 5.69 Å². The molecule has 1 atom stereocenters. The fraction of sp³-hybridized carbons (Fsp3) is 0.321. The zero-order valence-electron chi connectivity index (χ0n) is 22.2. The number of ether oxygens (including phenoxy) is 1. The van der Waals surface area contributed by atoms with Gasteiger partial charge in [-0.1, -0.05) is 0 Å². The fourth-order valence-electron chi connectivity index (χ4n) is 4.99. The van der Waals surface area contributed by atoms with Crippen LogP contribution in [0.4, 0.5) is 24.8 Å². The smallest absolute Gasteiger partial charge is 0.384 e. The van der Waals surface area contributed by atoms with E-state index in [1.165, 1.54) is 12.1 Å². The summed E-state index contributed by atoms with van der Waals surface area (Å²) in [7, 11) is 1.57. The number of aromatic nitrogens is 4. The molecule has 0 bridgehead atoms. The number of anilines is 2. The van der Waals surface area contributed by atoms with E-state index in [4.69, 9.17) is 15.6 Å². The summed E-state index contributed by atoms with van der Waals surface area (Å²) in [6.07, 6.45) is 0.0583. The van der Waals surface area contributed by atoms with Crippen molar-refractivity contribution >= 4 is 34.4 Å². The van der Waals surface area contributed by atoms with Crippen molar-refractivity contribution in [2.45, 2.75) is 31.4 Å². The van der Waals surface area contributed by atoms with Crippen molar-refractivity contribution in [1.29, 1.82) is 0 Å². The molecule has 1 aromatic carbocycles. The monoisotopic (exact) mass is 567 g/mol. The van der Waals surface area contributed by atoms with Crippen molar-refractivity contribution in [2.24, 2.45) is 0 Å². The minimum Gasteiger partial charge on any atom is -0.384 e. The van der Waals surface area contributed by atoms with E-state index in [1.807, 2.05) is 11.0 Å². The van der Waals surface area contributed by atoms with E-state index >= 15 is 0 Å². The number of nitrogens with one attached hydrogen (secondary N) is 1. The van der Waals surface area contributed by atoms with E-state index in [0.717, 1.165) is 42.3 Å². The maximum atomic E-state index is 13.0. The van der Waals surface area contributed by atoms with Crippen molar-refractivity contribution in [1.82, 2.24) is 24.6 Å². The maximum Gasteiger partial charge on any atom is 0.416 e. The van der Waals surface area contributed by atoms with Gasteiger partial charge in [-0.25, -0.2) is 14.6 Å². The number of fused-ring (bicyclic) bond motifs is 1. The van der Waals surface area contributed by atoms with Gasteiger partial charge in [0.1, 0.15) is 17.2 Å². The average Bonchev–Trinajstić information content (AvgIpc) is 3.37. The lowest BCUT2D eigenvalue weighted by Gasteiger charge is -2.32. The molecule has 4 aromatic rings. The second-order valence-corrected chi connectivity index (χ2v) is 9.74. The van der Waals surface area contributed by atoms with Crippen molar-refractivity contribution in [3.63, 3.8) is 0 Å². The third kappa shape index (κ3) is 5.99. The number of likely N-dealkylation sites (tertiary alicyclic amines) is 1. The van der Waals surface area contributed by atoms with Gasteiger partial charge in [-0.3, -0.25) is 9.59 Å². The first-order chi connectivity index (χ1) is 19.7. The van der Waals surface area contributed by atoms with Gasteiger partial charge in [0.25, 0.3) is 5.91 Å². The Morgan fingerprint density at radius 3 is 2.61 bits per heavy atom. The van der Waals surface area contributed by atoms with Gasteiger partial charge in [0, 0.05) is 49.5 Å². The molecule has 13 heteroatoms. The summed E-state index contributed by atoms with van der Waals surface area (Å²) in [5, 5.41) is 8.12. The predicted molar refractivity (Wildman–Crippen MR) is 146 cm³/mol. The highest BCUT2D eigenvalue weighted by Gasteiger charge is 2.31. The fourth-order valence-corrected chi connectivity index (χ4v) is 4.99. The van der Waals surface area contributed by atoms with Crippen LogP contribution in [0.2, 0.25) is 0 Å². The van der Waals surface area contributed by atoms with Crippen LogP contribution in [0.15, 0.2) is 54.9 Å². The van der Waals surface area contributed by atoms with Crippen LogP contribution in [0.3, 0.4) is 0 Å². The Hall–Kier alpha value is -4.52. The molecule has 0 aliphatic carbocycles. The number of carbonyl (C=O) groups is 2. The molecule has 0 saturated carbocycles. The number of nitrogens with zero attached hydrogens (tertiary/aromatic N) is 5. The van der Waals surface area contributed by atoms with Gasteiger partial charge in [-0.2, -0.15) is 18.3 Å².